The highest BCUT2D eigenvalue weighted by Crippen LogP contribution is 2.27. The fraction of sp³-hybridized carbons (Fsp3) is 0.154. The highest BCUT2D eigenvalue weighted by Gasteiger charge is 2.20. The number of hydrogen-bond donors (Lipinski definition) is 1. The number of benzene rings is 1. The average molecular weight is 256 g/mol. The Labute approximate surface area is 110 Å². The van der Waals surface area contributed by atoms with Gasteiger partial charge in [0.25, 0.3) is 0 Å². The van der Waals surface area contributed by atoms with E-state index >= 15 is 0 Å². The van der Waals surface area contributed by atoms with Crippen molar-refractivity contribution in [1.29, 1.82) is 0 Å². The van der Waals surface area contributed by atoms with Gasteiger partial charge >= 0.3 is 0 Å². The summed E-state index contributed by atoms with van der Waals surface area (Å²) in [6.45, 7) is 1.99. The zero-order valence-electron chi connectivity index (χ0n) is 9.87. The van der Waals surface area contributed by atoms with Gasteiger partial charge in [-0.3, -0.25) is 15.4 Å². The molecule has 0 saturated heterocycles. The largest absolute Gasteiger partial charge is 0.286 e. The minimum Gasteiger partial charge on any atom is -0.286 e. The van der Waals surface area contributed by atoms with Crippen LogP contribution in [0.15, 0.2) is 35.3 Å². The summed E-state index contributed by atoms with van der Waals surface area (Å²) in [4.78, 5) is 8.77. The third-order valence-electron chi connectivity index (χ3n) is 2.92. The van der Waals surface area contributed by atoms with E-state index in [-0.39, 0.29) is 6.17 Å². The fourth-order valence-electron chi connectivity index (χ4n) is 2.07. The summed E-state index contributed by atoms with van der Waals surface area (Å²) in [5, 5.41) is 4.66. The maximum Gasteiger partial charge on any atom is 0.170 e. The summed E-state index contributed by atoms with van der Waals surface area (Å²) >= 11 is 5.00. The Morgan fingerprint density at radius 2 is 2.22 bits per heavy atom. The lowest BCUT2D eigenvalue weighted by molar-refractivity contribution is 0.787. The Hall–Kier alpha value is -2.01. The van der Waals surface area contributed by atoms with Gasteiger partial charge in [0, 0.05) is 16.4 Å². The second-order valence-electron chi connectivity index (χ2n) is 4.12. The standard InChI is InChI=1S/C13H12N4S/c1-9-5-6-10-11(16-9)3-2-4-12(10)17-13(7-18)14-8-15-17/h2-8,13H,1H3,(H,14,15). The van der Waals surface area contributed by atoms with Crippen LogP contribution in [0.3, 0.4) is 0 Å². The molecule has 0 bridgehead atoms. The van der Waals surface area contributed by atoms with Crippen LogP contribution < -0.4 is 10.4 Å². The molecular weight excluding hydrogens is 244 g/mol. The molecule has 90 valence electrons. The molecule has 2 aromatic rings. The van der Waals surface area contributed by atoms with Gasteiger partial charge in [-0.05, 0) is 31.2 Å². The monoisotopic (exact) mass is 256 g/mol. The third-order valence-corrected chi connectivity index (χ3v) is 3.16. The first-order valence-electron chi connectivity index (χ1n) is 5.68. The Bertz CT molecular complexity index is 638. The van der Waals surface area contributed by atoms with Crippen molar-refractivity contribution >= 4 is 40.5 Å². The summed E-state index contributed by atoms with van der Waals surface area (Å²) in [7, 11) is 0. The molecule has 5 heteroatoms. The second kappa shape index (κ2) is 4.34. The van der Waals surface area contributed by atoms with E-state index in [2.05, 4.69) is 21.5 Å². The first kappa shape index (κ1) is 11.1. The summed E-state index contributed by atoms with van der Waals surface area (Å²) < 4.78 is 0. The van der Waals surface area contributed by atoms with Gasteiger partial charge in [0.15, 0.2) is 6.17 Å². The van der Waals surface area contributed by atoms with Crippen LogP contribution in [-0.2, 0) is 0 Å². The zero-order chi connectivity index (χ0) is 12.5. The lowest BCUT2D eigenvalue weighted by Gasteiger charge is -2.23. The van der Waals surface area contributed by atoms with E-state index in [0.717, 1.165) is 22.3 Å². The molecule has 2 heterocycles. The molecule has 1 unspecified atom stereocenters. The quantitative estimate of drug-likeness (QED) is 0.836. The maximum atomic E-state index is 5.00. The average Bonchev–Trinajstić information content (AvgIpc) is 2.85. The number of anilines is 1. The molecule has 18 heavy (non-hydrogen) atoms. The summed E-state index contributed by atoms with van der Waals surface area (Å²) in [5.41, 5.74) is 6.11. The van der Waals surface area contributed by atoms with Crippen LogP contribution in [0, 0.1) is 6.92 Å². The van der Waals surface area contributed by atoms with Gasteiger partial charge in [-0.1, -0.05) is 18.3 Å². The molecule has 1 aromatic carbocycles. The first-order chi connectivity index (χ1) is 8.79. The number of hydrogen-bond acceptors (Lipinski definition) is 5. The van der Waals surface area contributed by atoms with Gasteiger partial charge < -0.3 is 0 Å². The number of aliphatic imine (C=N–C) groups is 1. The van der Waals surface area contributed by atoms with Gasteiger partial charge in [-0.25, -0.2) is 4.99 Å². The molecule has 0 aliphatic carbocycles. The third kappa shape index (κ3) is 1.73. The summed E-state index contributed by atoms with van der Waals surface area (Å²) in [6, 6.07) is 10.1. The van der Waals surface area contributed by atoms with Gasteiger partial charge in [-0.15, -0.1) is 0 Å². The lowest BCUT2D eigenvalue weighted by Crippen LogP contribution is -2.39. The predicted molar refractivity (Wildman–Crippen MR) is 78.0 cm³/mol. The fourth-order valence-corrected chi connectivity index (χ4v) is 2.27. The number of hydrazine groups is 1. The number of fused-ring (bicyclic) bond motifs is 1. The van der Waals surface area contributed by atoms with Crippen molar-refractivity contribution in [3.63, 3.8) is 0 Å². The molecule has 1 atom stereocenters. The SMILES string of the molecule is Cc1ccc2c(N3NC=NC3C=S)cccc2n1. The number of rotatable bonds is 2. The summed E-state index contributed by atoms with van der Waals surface area (Å²) in [6.07, 6.45) is 1.51. The molecule has 3 rings (SSSR count). The van der Waals surface area contributed by atoms with Crippen molar-refractivity contribution in [3.8, 4) is 0 Å². The van der Waals surface area contributed by atoms with Gasteiger partial charge in [0.1, 0.15) is 6.34 Å². The Kier molecular flexibility index (Phi) is 2.68. The molecule has 0 spiro atoms. The number of nitrogens with one attached hydrogen (secondary N) is 1. The highest BCUT2D eigenvalue weighted by atomic mass is 32.1. The Morgan fingerprint density at radius 3 is 3.06 bits per heavy atom. The molecule has 1 aromatic heterocycles. The number of pyridine rings is 1. The van der Waals surface area contributed by atoms with Crippen LogP contribution in [0.2, 0.25) is 0 Å². The molecule has 1 aliphatic rings. The predicted octanol–water partition coefficient (Wildman–Crippen LogP) is 2.22. The Balaban J connectivity index is 2.15. The van der Waals surface area contributed by atoms with Crippen LogP contribution in [0.25, 0.3) is 10.9 Å². The molecular formula is C13H12N4S. The maximum absolute atomic E-state index is 5.00. The van der Waals surface area contributed by atoms with Crippen LogP contribution in [0.1, 0.15) is 5.69 Å². The Morgan fingerprint density at radius 1 is 1.33 bits per heavy atom. The minimum absolute atomic E-state index is 0.146. The number of nitrogens with zero attached hydrogens (tertiary/aromatic N) is 3. The molecule has 0 saturated carbocycles. The topological polar surface area (TPSA) is 40.5 Å². The van der Waals surface area contributed by atoms with Crippen LogP contribution in [-0.4, -0.2) is 22.9 Å². The van der Waals surface area contributed by atoms with E-state index in [1.54, 1.807) is 11.7 Å². The van der Waals surface area contributed by atoms with E-state index in [9.17, 15) is 0 Å². The van der Waals surface area contributed by atoms with E-state index < -0.39 is 0 Å². The van der Waals surface area contributed by atoms with Gasteiger partial charge in [0.2, 0.25) is 0 Å². The molecule has 0 amide bonds. The molecule has 1 aliphatic heterocycles. The first-order valence-corrected chi connectivity index (χ1v) is 6.15. The number of thiocarbonyl (C=S) groups is 1. The van der Waals surface area contributed by atoms with Crippen molar-refractivity contribution in [2.45, 2.75) is 13.1 Å². The normalized spacial score (nSPS) is 18.1. The zero-order valence-corrected chi connectivity index (χ0v) is 10.7. The van der Waals surface area contributed by atoms with E-state index in [1.807, 2.05) is 36.2 Å². The summed E-state index contributed by atoms with van der Waals surface area (Å²) in [5.74, 6) is 0. The molecule has 0 fully saturated rings. The smallest absolute Gasteiger partial charge is 0.170 e. The van der Waals surface area contributed by atoms with Crippen molar-refractivity contribution in [1.82, 2.24) is 10.4 Å². The minimum atomic E-state index is -0.146. The molecule has 4 nitrogen and oxygen atoms in total. The molecule has 0 radical (unpaired) electrons. The lowest BCUT2D eigenvalue weighted by atomic mass is 10.1. The van der Waals surface area contributed by atoms with Gasteiger partial charge in [0.05, 0.1) is 11.2 Å². The van der Waals surface area contributed by atoms with Gasteiger partial charge in [-0.2, -0.15) is 0 Å². The van der Waals surface area contributed by atoms with Crippen molar-refractivity contribution in [2.75, 3.05) is 5.01 Å². The van der Waals surface area contributed by atoms with E-state index in [4.69, 9.17) is 12.2 Å². The van der Waals surface area contributed by atoms with Crippen molar-refractivity contribution in [3.05, 3.63) is 36.0 Å². The number of aromatic nitrogens is 1. The number of aryl methyl sites for hydroxylation is 1. The van der Waals surface area contributed by atoms with Crippen LogP contribution in [0.4, 0.5) is 5.69 Å². The van der Waals surface area contributed by atoms with E-state index in [0.29, 0.717) is 0 Å². The molecule has 1 N–H and O–H groups in total. The second-order valence-corrected chi connectivity index (χ2v) is 4.40. The van der Waals surface area contributed by atoms with Crippen LogP contribution >= 0.6 is 12.2 Å². The van der Waals surface area contributed by atoms with E-state index in [1.165, 1.54) is 0 Å². The van der Waals surface area contributed by atoms with Crippen molar-refractivity contribution in [2.24, 2.45) is 4.99 Å². The van der Waals surface area contributed by atoms with Crippen molar-refractivity contribution < 1.29 is 0 Å². The van der Waals surface area contributed by atoms with Crippen LogP contribution in [0.5, 0.6) is 0 Å². The highest BCUT2D eigenvalue weighted by molar-refractivity contribution is 7.79.